The summed E-state index contributed by atoms with van der Waals surface area (Å²) in [7, 11) is 0. The van der Waals surface area contributed by atoms with Crippen LogP contribution in [-0.2, 0) is 20.4 Å². The minimum absolute atomic E-state index is 0.0465. The molecule has 0 spiro atoms. The van der Waals surface area contributed by atoms with Crippen molar-refractivity contribution in [1.82, 2.24) is 0 Å². The van der Waals surface area contributed by atoms with Crippen LogP contribution in [0.5, 0.6) is 5.75 Å². The Morgan fingerprint density at radius 2 is 1.77 bits per heavy atom. The summed E-state index contributed by atoms with van der Waals surface area (Å²) in [5.74, 6) is -0.0359. The Bertz CT molecular complexity index is 1430. The molecule has 40 heavy (non-hydrogen) atoms. The van der Waals surface area contributed by atoms with Gasteiger partial charge in [0.2, 0.25) is 5.79 Å². The number of fused-ring (bicyclic) bond motifs is 5. The lowest BCUT2D eigenvalue weighted by Gasteiger charge is -2.40. The van der Waals surface area contributed by atoms with Gasteiger partial charge in [-0.3, -0.25) is 4.79 Å². The molecule has 4 heteroatoms. The lowest BCUT2D eigenvalue weighted by molar-refractivity contribution is -0.195. The molecule has 0 unspecified atom stereocenters. The van der Waals surface area contributed by atoms with Crippen molar-refractivity contribution in [2.75, 3.05) is 0 Å². The number of ether oxygens (including phenoxy) is 2. The minimum Gasteiger partial charge on any atom is -0.461 e. The molecule has 0 radical (unpaired) electrons. The maximum atomic E-state index is 14.5. The van der Waals surface area contributed by atoms with E-state index in [0.717, 1.165) is 40.3 Å². The van der Waals surface area contributed by atoms with Crippen LogP contribution in [0.25, 0.3) is 21.9 Å². The quantitative estimate of drug-likeness (QED) is 0.338. The zero-order valence-electron chi connectivity index (χ0n) is 24.9. The summed E-state index contributed by atoms with van der Waals surface area (Å²) >= 11 is 0. The number of rotatable bonds is 4. The molecule has 3 aliphatic rings. The second-order valence-electron chi connectivity index (χ2n) is 14.1. The second kappa shape index (κ2) is 9.62. The van der Waals surface area contributed by atoms with Gasteiger partial charge in [0.15, 0.2) is 5.41 Å². The van der Waals surface area contributed by atoms with Crippen molar-refractivity contribution in [2.24, 2.45) is 17.8 Å². The molecule has 2 aliphatic carbocycles. The first kappa shape index (κ1) is 27.3. The van der Waals surface area contributed by atoms with Gasteiger partial charge in [0.05, 0.1) is 0 Å². The fourth-order valence-electron chi connectivity index (χ4n) is 7.70. The molecule has 0 amide bonds. The first-order valence-corrected chi connectivity index (χ1v) is 15.2. The number of carbonyl (C=O) groups is 1. The van der Waals surface area contributed by atoms with E-state index in [1.54, 1.807) is 0 Å². The van der Waals surface area contributed by atoms with Gasteiger partial charge in [0.25, 0.3) is 0 Å². The fraction of sp³-hybridized carbons (Fsp3) is 0.528. The molecule has 0 aromatic heterocycles. The lowest BCUT2D eigenvalue weighted by Crippen LogP contribution is -2.54. The van der Waals surface area contributed by atoms with Crippen LogP contribution < -0.4 is 4.74 Å². The lowest BCUT2D eigenvalue weighted by atomic mass is 9.72. The van der Waals surface area contributed by atoms with Crippen LogP contribution in [0.4, 0.5) is 0 Å². The summed E-state index contributed by atoms with van der Waals surface area (Å²) in [6.45, 7) is 13.3. The van der Waals surface area contributed by atoms with Gasteiger partial charge in [-0.1, -0.05) is 96.5 Å². The predicted octanol–water partition coefficient (Wildman–Crippen LogP) is 8.31. The standard InChI is InChI=1S/C36H44O4/c1-22(2)27-17-12-23(3)20-30(27)39-33(37)35-18-9-19-36(35,38)40-32-29(21-25-10-7-8-11-28(25)31(32)35)24-13-15-26(16-14-24)34(4,5)6/h7-8,10-11,13-16,21-23,27,30,38H,9,12,17-20H2,1-6H3/t23-,27+,30-,35-,36-/m1/s1. The highest BCUT2D eigenvalue weighted by molar-refractivity contribution is 6.02. The van der Waals surface area contributed by atoms with Crippen molar-refractivity contribution in [3.63, 3.8) is 0 Å². The Balaban J connectivity index is 1.50. The molecule has 1 aliphatic heterocycles. The highest BCUT2D eigenvalue weighted by atomic mass is 16.6. The van der Waals surface area contributed by atoms with Crippen LogP contribution in [0, 0.1) is 17.8 Å². The SMILES string of the molecule is CC(C)[C@@H]1CC[C@@H](C)C[C@H]1OC(=O)[C@]12CCC[C@@]1(O)Oc1c(-c3ccc(C(C)(C)C)cc3)cc3ccccc3c12. The van der Waals surface area contributed by atoms with Gasteiger partial charge in [0.1, 0.15) is 11.9 Å². The molecule has 2 saturated carbocycles. The molecule has 212 valence electrons. The first-order chi connectivity index (χ1) is 18.9. The molecule has 5 atom stereocenters. The average molecular weight is 541 g/mol. The highest BCUT2D eigenvalue weighted by Gasteiger charge is 2.69. The molecular weight excluding hydrogens is 496 g/mol. The van der Waals surface area contributed by atoms with E-state index in [1.165, 1.54) is 12.0 Å². The van der Waals surface area contributed by atoms with Gasteiger partial charge < -0.3 is 14.6 Å². The molecule has 0 saturated heterocycles. The van der Waals surface area contributed by atoms with E-state index in [1.807, 2.05) is 12.1 Å². The molecule has 1 heterocycles. The smallest absolute Gasteiger partial charge is 0.323 e. The van der Waals surface area contributed by atoms with Crippen LogP contribution in [0.2, 0.25) is 0 Å². The maximum absolute atomic E-state index is 14.5. The van der Waals surface area contributed by atoms with Gasteiger partial charge in [-0.25, -0.2) is 0 Å². The number of benzene rings is 3. The van der Waals surface area contributed by atoms with Crippen molar-refractivity contribution < 1.29 is 19.4 Å². The molecule has 6 rings (SSSR count). The first-order valence-electron chi connectivity index (χ1n) is 15.2. The molecular formula is C36H44O4. The van der Waals surface area contributed by atoms with Gasteiger partial charge in [-0.15, -0.1) is 0 Å². The number of hydrogen-bond acceptors (Lipinski definition) is 4. The molecule has 0 bridgehead atoms. The predicted molar refractivity (Wildman–Crippen MR) is 160 cm³/mol. The van der Waals surface area contributed by atoms with Gasteiger partial charge >= 0.3 is 5.97 Å². The van der Waals surface area contributed by atoms with Crippen molar-refractivity contribution in [3.8, 4) is 16.9 Å². The monoisotopic (exact) mass is 540 g/mol. The Hall–Kier alpha value is -2.85. The Morgan fingerprint density at radius 1 is 1.05 bits per heavy atom. The topological polar surface area (TPSA) is 55.8 Å². The van der Waals surface area contributed by atoms with Crippen LogP contribution in [0.15, 0.2) is 54.6 Å². The number of hydrogen-bond donors (Lipinski definition) is 1. The average Bonchev–Trinajstić information content (AvgIpc) is 3.37. The van der Waals surface area contributed by atoms with E-state index in [9.17, 15) is 9.90 Å². The Morgan fingerprint density at radius 3 is 2.48 bits per heavy atom. The summed E-state index contributed by atoms with van der Waals surface area (Å²) < 4.78 is 13.1. The van der Waals surface area contributed by atoms with Gasteiger partial charge in [-0.05, 0) is 76.8 Å². The third kappa shape index (κ3) is 4.17. The fourth-order valence-corrected chi connectivity index (χ4v) is 7.70. The molecule has 3 aromatic rings. The summed E-state index contributed by atoms with van der Waals surface area (Å²) in [4.78, 5) is 14.5. The number of carbonyl (C=O) groups excluding carboxylic acids is 1. The van der Waals surface area contributed by atoms with E-state index < -0.39 is 11.2 Å². The van der Waals surface area contributed by atoms with Crippen LogP contribution in [0.1, 0.15) is 91.2 Å². The van der Waals surface area contributed by atoms with Gasteiger partial charge in [-0.2, -0.15) is 0 Å². The van der Waals surface area contributed by atoms with Crippen molar-refractivity contribution in [3.05, 3.63) is 65.7 Å². The van der Waals surface area contributed by atoms with Crippen molar-refractivity contribution in [2.45, 2.75) is 103 Å². The highest BCUT2D eigenvalue weighted by Crippen LogP contribution is 2.62. The molecule has 4 nitrogen and oxygen atoms in total. The van der Waals surface area contributed by atoms with Crippen molar-refractivity contribution >= 4 is 16.7 Å². The largest absolute Gasteiger partial charge is 0.461 e. The van der Waals surface area contributed by atoms with Crippen LogP contribution >= 0.6 is 0 Å². The van der Waals surface area contributed by atoms with E-state index >= 15 is 0 Å². The normalized spacial score (nSPS) is 29.8. The zero-order chi connectivity index (χ0) is 28.4. The Kier molecular flexibility index (Phi) is 6.57. The molecule has 2 fully saturated rings. The van der Waals surface area contributed by atoms with E-state index in [-0.39, 0.29) is 17.5 Å². The number of aliphatic hydroxyl groups is 1. The summed E-state index contributed by atoms with van der Waals surface area (Å²) in [6.07, 6.45) is 4.59. The van der Waals surface area contributed by atoms with E-state index in [2.05, 4.69) is 84.0 Å². The third-order valence-corrected chi connectivity index (χ3v) is 10.1. The van der Waals surface area contributed by atoms with Crippen LogP contribution in [0.3, 0.4) is 0 Å². The summed E-state index contributed by atoms with van der Waals surface area (Å²) in [5, 5.41) is 14.2. The molecule has 3 aromatic carbocycles. The zero-order valence-corrected chi connectivity index (χ0v) is 24.9. The van der Waals surface area contributed by atoms with Crippen LogP contribution in [-0.4, -0.2) is 23.0 Å². The summed E-state index contributed by atoms with van der Waals surface area (Å²) in [6, 6.07) is 18.9. The summed E-state index contributed by atoms with van der Waals surface area (Å²) in [5.41, 5.74) is 2.79. The van der Waals surface area contributed by atoms with Gasteiger partial charge in [0, 0.05) is 17.5 Å². The third-order valence-electron chi connectivity index (χ3n) is 10.1. The Labute approximate surface area is 239 Å². The maximum Gasteiger partial charge on any atom is 0.323 e. The van der Waals surface area contributed by atoms with Crippen molar-refractivity contribution in [1.29, 1.82) is 0 Å². The minimum atomic E-state index is -1.62. The van der Waals surface area contributed by atoms with E-state index in [4.69, 9.17) is 9.47 Å². The van der Waals surface area contributed by atoms with E-state index in [0.29, 0.717) is 42.8 Å². The molecule has 1 N–H and O–H groups in total. The number of esters is 1. The second-order valence-corrected chi connectivity index (χ2v) is 14.1.